The summed E-state index contributed by atoms with van der Waals surface area (Å²) in [5.41, 5.74) is 2.65. The number of benzene rings is 3. The number of nitrogens with zero attached hydrogens (tertiary/aromatic N) is 2. The van der Waals surface area contributed by atoms with E-state index in [0.717, 1.165) is 31.0 Å². The molecule has 6 heteroatoms. The van der Waals surface area contributed by atoms with Gasteiger partial charge in [0, 0.05) is 6.04 Å². The molecule has 0 radical (unpaired) electrons. The van der Waals surface area contributed by atoms with E-state index in [0.29, 0.717) is 5.69 Å². The molecule has 0 bridgehead atoms. The van der Waals surface area contributed by atoms with Crippen LogP contribution >= 0.6 is 0 Å². The van der Waals surface area contributed by atoms with Gasteiger partial charge in [-0.15, -0.1) is 0 Å². The minimum atomic E-state index is -3.75. The Morgan fingerprint density at radius 2 is 1.46 bits per heavy atom. The van der Waals surface area contributed by atoms with Gasteiger partial charge < -0.3 is 10.0 Å². The number of phenolic OH excluding ortho intramolecular Hbond substituents is 1. The Morgan fingerprint density at radius 3 is 2.11 bits per heavy atom. The topological polar surface area (TPSA) is 60.9 Å². The Kier molecular flexibility index (Phi) is 8.47. The van der Waals surface area contributed by atoms with Crippen LogP contribution in [0.2, 0.25) is 0 Å². The number of aryl methyl sites for hydroxylation is 1. The van der Waals surface area contributed by atoms with Gasteiger partial charge in [0.1, 0.15) is 5.75 Å². The Morgan fingerprint density at radius 1 is 0.829 bits per heavy atom. The quantitative estimate of drug-likeness (QED) is 0.378. The van der Waals surface area contributed by atoms with Crippen molar-refractivity contribution in [2.75, 3.05) is 17.9 Å². The molecule has 186 valence electrons. The molecule has 5 nitrogen and oxygen atoms in total. The zero-order valence-corrected chi connectivity index (χ0v) is 21.3. The first kappa shape index (κ1) is 25.3. The van der Waals surface area contributed by atoms with E-state index in [1.807, 2.05) is 30.3 Å². The number of hydrogen-bond acceptors (Lipinski definition) is 4. The van der Waals surface area contributed by atoms with Crippen LogP contribution in [0.25, 0.3) is 0 Å². The number of phenols is 1. The van der Waals surface area contributed by atoms with Crippen LogP contribution in [-0.4, -0.2) is 38.1 Å². The van der Waals surface area contributed by atoms with Crippen LogP contribution in [0.1, 0.15) is 49.7 Å². The van der Waals surface area contributed by atoms with Crippen LogP contribution in [0.15, 0.2) is 83.8 Å². The highest BCUT2D eigenvalue weighted by molar-refractivity contribution is 7.92. The zero-order chi connectivity index (χ0) is 24.7. The molecule has 0 atom stereocenters. The minimum absolute atomic E-state index is 0.157. The first-order chi connectivity index (χ1) is 16.9. The van der Waals surface area contributed by atoms with Gasteiger partial charge in [0.05, 0.1) is 17.1 Å². The number of sulfonamides is 1. The van der Waals surface area contributed by atoms with Crippen molar-refractivity contribution in [1.82, 2.24) is 4.90 Å². The molecule has 4 rings (SSSR count). The second-order valence-corrected chi connectivity index (χ2v) is 11.4. The molecule has 1 aliphatic carbocycles. The van der Waals surface area contributed by atoms with E-state index in [1.54, 1.807) is 48.5 Å². The second-order valence-electron chi connectivity index (χ2n) is 9.53. The normalized spacial score (nSPS) is 14.8. The van der Waals surface area contributed by atoms with Crippen molar-refractivity contribution in [2.24, 2.45) is 0 Å². The predicted molar refractivity (Wildman–Crippen MR) is 142 cm³/mol. The maximum Gasteiger partial charge on any atom is 0.264 e. The number of aromatic hydroxyl groups is 1. The first-order valence-electron chi connectivity index (χ1n) is 12.6. The van der Waals surface area contributed by atoms with Crippen molar-refractivity contribution >= 4 is 15.7 Å². The molecule has 1 aliphatic rings. The van der Waals surface area contributed by atoms with Gasteiger partial charge in [0.2, 0.25) is 0 Å². The van der Waals surface area contributed by atoms with Crippen molar-refractivity contribution < 1.29 is 13.5 Å². The third-order valence-electron chi connectivity index (χ3n) is 6.99. The maximum atomic E-state index is 13.6. The summed E-state index contributed by atoms with van der Waals surface area (Å²) in [4.78, 5) is 2.77. The molecular weight excluding hydrogens is 456 g/mol. The molecule has 35 heavy (non-hydrogen) atoms. The van der Waals surface area contributed by atoms with Crippen LogP contribution in [0.3, 0.4) is 0 Å². The lowest BCUT2D eigenvalue weighted by Gasteiger charge is -2.31. The van der Waals surface area contributed by atoms with Crippen molar-refractivity contribution in [3.63, 3.8) is 0 Å². The van der Waals surface area contributed by atoms with Crippen molar-refractivity contribution in [3.05, 3.63) is 90.0 Å². The van der Waals surface area contributed by atoms with E-state index in [-0.39, 0.29) is 17.2 Å². The monoisotopic (exact) mass is 492 g/mol. The van der Waals surface area contributed by atoms with Crippen LogP contribution in [-0.2, 0) is 23.0 Å². The highest BCUT2D eigenvalue weighted by atomic mass is 32.2. The molecule has 0 aromatic heterocycles. The Bertz CT molecular complexity index is 1160. The second kappa shape index (κ2) is 11.7. The highest BCUT2D eigenvalue weighted by Gasteiger charge is 2.25. The number of anilines is 1. The van der Waals surface area contributed by atoms with E-state index in [4.69, 9.17) is 0 Å². The molecule has 0 heterocycles. The SMILES string of the molecule is CN(CCCc1ccc(N(Cc2ccc(O)cc2)S(=O)(=O)c2ccccc2)cc1)C1CCCCC1. The summed E-state index contributed by atoms with van der Waals surface area (Å²) in [6, 6.07) is 23.8. The highest BCUT2D eigenvalue weighted by Crippen LogP contribution is 2.27. The Labute approximate surface area is 210 Å². The van der Waals surface area contributed by atoms with E-state index in [9.17, 15) is 13.5 Å². The summed E-state index contributed by atoms with van der Waals surface area (Å²) in [7, 11) is -1.51. The van der Waals surface area contributed by atoms with Crippen molar-refractivity contribution in [2.45, 2.75) is 62.4 Å². The van der Waals surface area contributed by atoms with Crippen LogP contribution < -0.4 is 4.31 Å². The van der Waals surface area contributed by atoms with Gasteiger partial charge in [0.15, 0.2) is 0 Å². The molecule has 0 spiro atoms. The average Bonchev–Trinajstić information content (AvgIpc) is 2.90. The summed E-state index contributed by atoms with van der Waals surface area (Å²) >= 11 is 0. The van der Waals surface area contributed by atoms with E-state index >= 15 is 0 Å². The molecule has 1 fully saturated rings. The first-order valence-corrected chi connectivity index (χ1v) is 14.0. The van der Waals surface area contributed by atoms with Gasteiger partial charge in [0.25, 0.3) is 10.0 Å². The van der Waals surface area contributed by atoms with Gasteiger partial charge in [-0.3, -0.25) is 4.31 Å². The molecule has 1 saturated carbocycles. The Hall–Kier alpha value is -2.83. The standard InChI is InChI=1S/C29H36N2O3S/c1-30(26-10-4-2-5-11-26)22-8-9-24-14-18-27(19-15-24)31(23-25-16-20-28(32)21-17-25)35(33,34)29-12-6-3-7-13-29/h3,6-7,12-21,26,32H,2,4-5,8-11,22-23H2,1H3. The summed E-state index contributed by atoms with van der Waals surface area (Å²) in [6.07, 6.45) is 8.77. The fourth-order valence-electron chi connectivity index (χ4n) is 4.87. The van der Waals surface area contributed by atoms with Gasteiger partial charge >= 0.3 is 0 Å². The average molecular weight is 493 g/mol. The fourth-order valence-corrected chi connectivity index (χ4v) is 6.34. The summed E-state index contributed by atoms with van der Waals surface area (Å²) in [6.45, 7) is 1.27. The van der Waals surface area contributed by atoms with Crippen LogP contribution in [0.4, 0.5) is 5.69 Å². The lowest BCUT2D eigenvalue weighted by atomic mass is 9.94. The smallest absolute Gasteiger partial charge is 0.264 e. The van der Waals surface area contributed by atoms with Crippen molar-refractivity contribution in [1.29, 1.82) is 0 Å². The maximum absolute atomic E-state index is 13.6. The largest absolute Gasteiger partial charge is 0.508 e. The van der Waals surface area contributed by atoms with E-state index in [1.165, 1.54) is 42.0 Å². The summed E-state index contributed by atoms with van der Waals surface area (Å²) < 4.78 is 28.6. The molecule has 0 unspecified atom stereocenters. The van der Waals surface area contributed by atoms with Gasteiger partial charge in [-0.05, 0) is 86.8 Å². The molecule has 0 aliphatic heterocycles. The molecule has 0 saturated heterocycles. The third kappa shape index (κ3) is 6.65. The van der Waals surface area contributed by atoms with Crippen molar-refractivity contribution in [3.8, 4) is 5.75 Å². The van der Waals surface area contributed by atoms with E-state index < -0.39 is 10.0 Å². The van der Waals surface area contributed by atoms with Gasteiger partial charge in [-0.1, -0.05) is 61.7 Å². The predicted octanol–water partition coefficient (Wildman–Crippen LogP) is 5.98. The molecule has 1 N–H and O–H groups in total. The van der Waals surface area contributed by atoms with Crippen LogP contribution in [0.5, 0.6) is 5.75 Å². The minimum Gasteiger partial charge on any atom is -0.508 e. The summed E-state index contributed by atoms with van der Waals surface area (Å²) in [5, 5.41) is 9.62. The van der Waals surface area contributed by atoms with Gasteiger partial charge in [-0.2, -0.15) is 0 Å². The van der Waals surface area contributed by atoms with E-state index in [2.05, 4.69) is 11.9 Å². The summed E-state index contributed by atoms with van der Waals surface area (Å²) in [5.74, 6) is 0.157. The lowest BCUT2D eigenvalue weighted by molar-refractivity contribution is 0.190. The van der Waals surface area contributed by atoms with Crippen LogP contribution in [0, 0.1) is 0 Å². The lowest BCUT2D eigenvalue weighted by Crippen LogP contribution is -2.34. The Balaban J connectivity index is 1.47. The molecule has 0 amide bonds. The zero-order valence-electron chi connectivity index (χ0n) is 20.5. The van der Waals surface area contributed by atoms with Gasteiger partial charge in [-0.25, -0.2) is 8.42 Å². The third-order valence-corrected chi connectivity index (χ3v) is 8.78. The fraction of sp³-hybridized carbons (Fsp3) is 0.379. The molecule has 3 aromatic carbocycles. The number of hydrogen-bond donors (Lipinski definition) is 1. The molecular formula is C29H36N2O3S. The number of rotatable bonds is 10. The molecule has 3 aromatic rings.